The van der Waals surface area contributed by atoms with E-state index in [0.29, 0.717) is 10.9 Å². The Balaban J connectivity index is 2.96. The summed E-state index contributed by atoms with van der Waals surface area (Å²) in [6, 6.07) is 3.93. The van der Waals surface area contributed by atoms with Crippen molar-refractivity contribution >= 4 is 44.8 Å². The van der Waals surface area contributed by atoms with Gasteiger partial charge in [0.1, 0.15) is 0 Å². The molecule has 1 aromatic rings. The fourth-order valence-electron chi connectivity index (χ4n) is 1.21. The molecule has 0 heterocycles. The molecule has 2 atom stereocenters. The maximum absolute atomic E-state index is 12.1. The third-order valence-electron chi connectivity index (χ3n) is 2.64. The van der Waals surface area contributed by atoms with Gasteiger partial charge in [0.2, 0.25) is 10.0 Å². The van der Waals surface area contributed by atoms with Crippen molar-refractivity contribution in [3.8, 4) is 0 Å². The highest BCUT2D eigenvalue weighted by Crippen LogP contribution is 2.25. The quantitative estimate of drug-likeness (QED) is 0.839. The van der Waals surface area contributed by atoms with Gasteiger partial charge in [0.15, 0.2) is 0 Å². The molecule has 0 aliphatic heterocycles. The molecule has 0 aliphatic carbocycles. The molecule has 0 aliphatic rings. The van der Waals surface area contributed by atoms with Crippen LogP contribution >= 0.6 is 34.8 Å². The molecule has 2 unspecified atom stereocenters. The Bertz CT molecular complexity index is 519. The van der Waals surface area contributed by atoms with Gasteiger partial charge in [-0.05, 0) is 31.0 Å². The van der Waals surface area contributed by atoms with Crippen LogP contribution in [0.5, 0.6) is 0 Å². The molecule has 1 rings (SSSR count). The molecule has 1 aromatic carbocycles. The molecule has 3 nitrogen and oxygen atoms in total. The second kappa shape index (κ2) is 6.44. The number of benzene rings is 1. The summed E-state index contributed by atoms with van der Waals surface area (Å²) in [5, 5.41) is 0.523. The van der Waals surface area contributed by atoms with Crippen molar-refractivity contribution in [3.63, 3.8) is 0 Å². The minimum absolute atomic E-state index is 0.0317. The maximum Gasteiger partial charge on any atom is 0.240 e. The van der Waals surface area contributed by atoms with Crippen LogP contribution in [0.25, 0.3) is 0 Å². The van der Waals surface area contributed by atoms with Crippen LogP contribution in [-0.2, 0) is 10.0 Å². The Labute approximate surface area is 122 Å². The van der Waals surface area contributed by atoms with E-state index in [1.54, 1.807) is 6.92 Å². The zero-order valence-electron chi connectivity index (χ0n) is 9.95. The summed E-state index contributed by atoms with van der Waals surface area (Å²) in [6.45, 7) is 3.64. The van der Waals surface area contributed by atoms with E-state index in [1.807, 2.05) is 6.92 Å². The van der Waals surface area contributed by atoms with Gasteiger partial charge in [0, 0.05) is 11.9 Å². The van der Waals surface area contributed by atoms with E-state index in [-0.39, 0.29) is 21.9 Å². The van der Waals surface area contributed by atoms with Gasteiger partial charge in [-0.2, -0.15) is 0 Å². The highest BCUT2D eigenvalue weighted by Gasteiger charge is 2.21. The number of sulfonamides is 1. The largest absolute Gasteiger partial charge is 0.240 e. The molecular formula is C11H14Cl3NO2S. The van der Waals surface area contributed by atoms with Crippen LogP contribution in [0.4, 0.5) is 0 Å². The topological polar surface area (TPSA) is 46.2 Å². The predicted octanol–water partition coefficient (Wildman–Crippen LogP) is 3.54. The first-order valence-corrected chi connectivity index (χ1v) is 8.08. The van der Waals surface area contributed by atoms with Crippen LogP contribution in [0, 0.1) is 5.92 Å². The molecule has 102 valence electrons. The Morgan fingerprint density at radius 2 is 1.83 bits per heavy atom. The number of nitrogens with one attached hydrogen (secondary N) is 1. The number of hydrogen-bond donors (Lipinski definition) is 1. The minimum atomic E-state index is -3.61. The van der Waals surface area contributed by atoms with Crippen molar-refractivity contribution in [2.45, 2.75) is 24.8 Å². The van der Waals surface area contributed by atoms with E-state index in [0.717, 1.165) is 0 Å². The molecule has 7 heteroatoms. The van der Waals surface area contributed by atoms with Crippen molar-refractivity contribution < 1.29 is 8.42 Å². The molecule has 0 amide bonds. The summed E-state index contributed by atoms with van der Waals surface area (Å²) in [4.78, 5) is 0.0884. The van der Waals surface area contributed by atoms with Gasteiger partial charge in [-0.25, -0.2) is 13.1 Å². The lowest BCUT2D eigenvalue weighted by molar-refractivity contribution is 0.480. The van der Waals surface area contributed by atoms with Gasteiger partial charge in [0.25, 0.3) is 0 Å². The molecule has 0 saturated heterocycles. The van der Waals surface area contributed by atoms with Gasteiger partial charge in [-0.15, -0.1) is 11.6 Å². The van der Waals surface area contributed by atoms with E-state index < -0.39 is 10.0 Å². The number of rotatable bonds is 5. The van der Waals surface area contributed by atoms with E-state index in [9.17, 15) is 8.42 Å². The van der Waals surface area contributed by atoms with Gasteiger partial charge in [-0.1, -0.05) is 30.1 Å². The van der Waals surface area contributed by atoms with Crippen molar-refractivity contribution in [3.05, 3.63) is 28.2 Å². The smallest absolute Gasteiger partial charge is 0.208 e. The van der Waals surface area contributed by atoms with Gasteiger partial charge in [0.05, 0.1) is 14.9 Å². The molecule has 0 aromatic heterocycles. The van der Waals surface area contributed by atoms with Crippen LogP contribution in [0.1, 0.15) is 13.8 Å². The Morgan fingerprint density at radius 3 is 2.33 bits per heavy atom. The number of alkyl halides is 1. The summed E-state index contributed by atoms with van der Waals surface area (Å²) in [5.41, 5.74) is 0. The van der Waals surface area contributed by atoms with E-state index in [1.165, 1.54) is 18.2 Å². The summed E-state index contributed by atoms with van der Waals surface area (Å²) in [7, 11) is -3.61. The first-order valence-electron chi connectivity index (χ1n) is 5.31. The van der Waals surface area contributed by atoms with Crippen molar-refractivity contribution in [2.75, 3.05) is 5.88 Å². The molecule has 0 radical (unpaired) electrons. The van der Waals surface area contributed by atoms with Crippen LogP contribution in [0.2, 0.25) is 10.0 Å². The lowest BCUT2D eigenvalue weighted by Crippen LogP contribution is -2.37. The fraction of sp³-hybridized carbons (Fsp3) is 0.455. The molecule has 1 N–H and O–H groups in total. The molecule has 0 bridgehead atoms. The normalized spacial score (nSPS) is 15.4. The highest BCUT2D eigenvalue weighted by molar-refractivity contribution is 7.89. The van der Waals surface area contributed by atoms with Crippen LogP contribution in [0.15, 0.2) is 23.1 Å². The van der Waals surface area contributed by atoms with E-state index in [4.69, 9.17) is 34.8 Å². The molecule has 0 spiro atoms. The second-order valence-electron chi connectivity index (χ2n) is 4.12. The minimum Gasteiger partial charge on any atom is -0.208 e. The van der Waals surface area contributed by atoms with E-state index in [2.05, 4.69) is 4.72 Å². The Hall–Kier alpha value is -0.000000000000000111. The van der Waals surface area contributed by atoms with Gasteiger partial charge >= 0.3 is 0 Å². The third kappa shape index (κ3) is 4.00. The highest BCUT2D eigenvalue weighted by atomic mass is 35.5. The maximum atomic E-state index is 12.1. The van der Waals surface area contributed by atoms with Crippen molar-refractivity contribution in [1.82, 2.24) is 4.72 Å². The number of hydrogen-bond acceptors (Lipinski definition) is 2. The molecule has 18 heavy (non-hydrogen) atoms. The predicted molar refractivity (Wildman–Crippen MR) is 76.1 cm³/mol. The van der Waals surface area contributed by atoms with Crippen LogP contribution < -0.4 is 4.72 Å². The summed E-state index contributed by atoms with van der Waals surface area (Å²) < 4.78 is 26.7. The Kier molecular flexibility index (Phi) is 5.74. The summed E-state index contributed by atoms with van der Waals surface area (Å²) >= 11 is 17.2. The standard InChI is InChI=1S/C11H14Cl3NO2S/c1-7(6-12)8(2)15-18(16,17)9-3-4-10(13)11(14)5-9/h3-5,7-8,15H,6H2,1-2H3. The van der Waals surface area contributed by atoms with Crippen LogP contribution in [0.3, 0.4) is 0 Å². The summed E-state index contributed by atoms with van der Waals surface area (Å²) in [6.07, 6.45) is 0. The monoisotopic (exact) mass is 329 g/mol. The lowest BCUT2D eigenvalue weighted by atomic mass is 10.1. The Morgan fingerprint density at radius 1 is 1.22 bits per heavy atom. The van der Waals surface area contributed by atoms with Crippen molar-refractivity contribution in [2.24, 2.45) is 5.92 Å². The van der Waals surface area contributed by atoms with Gasteiger partial charge < -0.3 is 0 Å². The lowest BCUT2D eigenvalue weighted by Gasteiger charge is -2.19. The van der Waals surface area contributed by atoms with Crippen molar-refractivity contribution in [1.29, 1.82) is 0 Å². The van der Waals surface area contributed by atoms with Gasteiger partial charge in [-0.3, -0.25) is 0 Å². The van der Waals surface area contributed by atoms with Crippen LogP contribution in [-0.4, -0.2) is 20.3 Å². The zero-order valence-corrected chi connectivity index (χ0v) is 13.0. The molecule has 0 fully saturated rings. The summed E-state index contributed by atoms with van der Waals surface area (Å²) in [5.74, 6) is 0.412. The second-order valence-corrected chi connectivity index (χ2v) is 6.95. The average Bonchev–Trinajstić information content (AvgIpc) is 2.30. The fourth-order valence-corrected chi connectivity index (χ4v) is 3.21. The zero-order chi connectivity index (χ0) is 13.9. The third-order valence-corrected chi connectivity index (χ3v) is 5.42. The first kappa shape index (κ1) is 16.1. The SMILES string of the molecule is CC(CCl)C(C)NS(=O)(=O)c1ccc(Cl)c(Cl)c1. The van der Waals surface area contributed by atoms with E-state index >= 15 is 0 Å². The number of halogens is 3. The molecular weight excluding hydrogens is 317 g/mol. The average molecular weight is 331 g/mol. The molecule has 0 saturated carbocycles. The first-order chi connectivity index (χ1) is 8.27.